The minimum Gasteiger partial charge on any atom is -0.362 e. The van der Waals surface area contributed by atoms with E-state index in [1.165, 1.54) is 23.3 Å². The highest BCUT2D eigenvalue weighted by Crippen LogP contribution is 2.26. The van der Waals surface area contributed by atoms with Gasteiger partial charge in [-0.05, 0) is 67.3 Å². The summed E-state index contributed by atoms with van der Waals surface area (Å²) in [5.41, 5.74) is 3.31. The van der Waals surface area contributed by atoms with Crippen molar-refractivity contribution in [2.45, 2.75) is 58.5 Å². The fourth-order valence-corrected chi connectivity index (χ4v) is 5.07. The first-order valence-electron chi connectivity index (χ1n) is 12.6. The summed E-state index contributed by atoms with van der Waals surface area (Å²) in [6.07, 6.45) is 6.71. The second kappa shape index (κ2) is 11.6. The van der Waals surface area contributed by atoms with Crippen molar-refractivity contribution in [3.63, 3.8) is 0 Å². The molecule has 0 aliphatic carbocycles. The van der Waals surface area contributed by atoms with Crippen molar-refractivity contribution in [1.82, 2.24) is 9.80 Å². The minimum atomic E-state index is -0.336. The van der Waals surface area contributed by atoms with Crippen LogP contribution < -0.4 is 4.90 Å². The summed E-state index contributed by atoms with van der Waals surface area (Å²) >= 11 is 0. The van der Waals surface area contributed by atoms with Gasteiger partial charge in [0.25, 0.3) is 0 Å². The Balaban J connectivity index is 1.41. The van der Waals surface area contributed by atoms with Gasteiger partial charge >= 0.3 is 6.03 Å². The molecule has 0 N–H and O–H groups in total. The second-order valence-corrected chi connectivity index (χ2v) is 10.0. The summed E-state index contributed by atoms with van der Waals surface area (Å²) in [6, 6.07) is 14.9. The lowest BCUT2D eigenvalue weighted by molar-refractivity contribution is 0.199. The van der Waals surface area contributed by atoms with E-state index >= 15 is 0 Å². The van der Waals surface area contributed by atoms with E-state index in [0.717, 1.165) is 64.8 Å². The van der Waals surface area contributed by atoms with Gasteiger partial charge < -0.3 is 4.90 Å². The highest BCUT2D eigenvalue weighted by atomic mass is 19.1. The average Bonchev–Trinajstić information content (AvgIpc) is 3.33. The average molecular weight is 465 g/mol. The van der Waals surface area contributed by atoms with Crippen molar-refractivity contribution in [1.29, 1.82) is 0 Å². The van der Waals surface area contributed by atoms with Crippen LogP contribution >= 0.6 is 0 Å². The number of amides is 2. The van der Waals surface area contributed by atoms with Gasteiger partial charge in [0.15, 0.2) is 0 Å². The third-order valence-electron chi connectivity index (χ3n) is 6.73. The second-order valence-electron chi connectivity index (χ2n) is 10.0. The van der Waals surface area contributed by atoms with Crippen LogP contribution in [0.2, 0.25) is 0 Å². The molecule has 0 atom stereocenters. The summed E-state index contributed by atoms with van der Waals surface area (Å²) in [6.45, 7) is 9.08. The maximum Gasteiger partial charge on any atom is 0.349 e. The molecule has 0 saturated carbocycles. The molecule has 0 bridgehead atoms. The number of carbonyl (C=O) groups excluding carboxylic acids is 1. The van der Waals surface area contributed by atoms with Crippen molar-refractivity contribution in [3.05, 3.63) is 65.5 Å². The molecule has 2 aliphatic heterocycles. The van der Waals surface area contributed by atoms with Gasteiger partial charge in [-0.1, -0.05) is 44.2 Å². The summed E-state index contributed by atoms with van der Waals surface area (Å²) in [4.78, 5) is 23.7. The molecule has 0 spiro atoms. The van der Waals surface area contributed by atoms with Gasteiger partial charge in [0, 0.05) is 44.5 Å². The van der Waals surface area contributed by atoms with Gasteiger partial charge in [0.1, 0.15) is 5.82 Å². The lowest BCUT2D eigenvalue weighted by atomic mass is 9.99. The fourth-order valence-electron chi connectivity index (χ4n) is 5.07. The topological polar surface area (TPSA) is 39.1 Å². The predicted octanol–water partition coefficient (Wildman–Crippen LogP) is 5.74. The van der Waals surface area contributed by atoms with Crippen molar-refractivity contribution in [2.75, 3.05) is 31.1 Å². The molecule has 0 radical (unpaired) electrons. The van der Waals surface area contributed by atoms with Gasteiger partial charge in [0.05, 0.1) is 6.34 Å². The van der Waals surface area contributed by atoms with Gasteiger partial charge in [-0.2, -0.15) is 4.99 Å². The Kier molecular flexibility index (Phi) is 8.33. The SMILES string of the molecule is CC(C)Cc1cccc(CN2CCC(N(C(=O)/N=C/N3CCCC3)c3cccc(F)c3)CC2)c1. The van der Waals surface area contributed by atoms with E-state index < -0.39 is 0 Å². The summed E-state index contributed by atoms with van der Waals surface area (Å²) in [5, 5.41) is 0. The van der Waals surface area contributed by atoms with Crippen LogP contribution in [0.5, 0.6) is 0 Å². The number of halogens is 1. The molecular formula is C28H37FN4O. The number of urea groups is 1. The molecule has 4 rings (SSSR count). The summed E-state index contributed by atoms with van der Waals surface area (Å²) in [7, 11) is 0. The maximum absolute atomic E-state index is 14.0. The third-order valence-corrected chi connectivity index (χ3v) is 6.73. The molecule has 34 heavy (non-hydrogen) atoms. The number of hydrogen-bond acceptors (Lipinski definition) is 2. The highest BCUT2D eigenvalue weighted by molar-refractivity contribution is 5.97. The van der Waals surface area contributed by atoms with Crippen LogP contribution in [0.4, 0.5) is 14.9 Å². The molecule has 5 nitrogen and oxygen atoms in total. The van der Waals surface area contributed by atoms with Crippen LogP contribution in [-0.4, -0.2) is 54.4 Å². The number of anilines is 1. The quantitative estimate of drug-likeness (QED) is 0.387. The minimum absolute atomic E-state index is 0.00792. The fraction of sp³-hybridized carbons (Fsp3) is 0.500. The molecule has 2 aromatic carbocycles. The summed E-state index contributed by atoms with van der Waals surface area (Å²) < 4.78 is 14.0. The smallest absolute Gasteiger partial charge is 0.349 e. The first kappa shape index (κ1) is 24.4. The van der Waals surface area contributed by atoms with Crippen LogP contribution in [0.25, 0.3) is 0 Å². The van der Waals surface area contributed by atoms with E-state index in [1.807, 2.05) is 0 Å². The molecule has 2 aromatic rings. The van der Waals surface area contributed by atoms with Gasteiger partial charge in [-0.25, -0.2) is 9.18 Å². The molecule has 2 fully saturated rings. The van der Waals surface area contributed by atoms with Crippen molar-refractivity contribution in [3.8, 4) is 0 Å². The molecule has 2 aliphatic rings. The summed E-state index contributed by atoms with van der Waals surface area (Å²) in [5.74, 6) is 0.308. The zero-order valence-corrected chi connectivity index (χ0v) is 20.5. The van der Waals surface area contributed by atoms with Gasteiger partial charge in [-0.15, -0.1) is 0 Å². The Hall–Kier alpha value is -2.73. The number of carbonyl (C=O) groups is 1. The third kappa shape index (κ3) is 6.66. The predicted molar refractivity (Wildman–Crippen MR) is 137 cm³/mol. The highest BCUT2D eigenvalue weighted by Gasteiger charge is 2.29. The molecule has 182 valence electrons. The molecule has 2 saturated heterocycles. The number of rotatable bonds is 7. The Morgan fingerprint density at radius 3 is 2.47 bits per heavy atom. The Morgan fingerprint density at radius 1 is 1.06 bits per heavy atom. The number of piperidine rings is 1. The van der Waals surface area contributed by atoms with E-state index in [4.69, 9.17) is 0 Å². The first-order valence-corrected chi connectivity index (χ1v) is 12.6. The maximum atomic E-state index is 14.0. The number of hydrogen-bond donors (Lipinski definition) is 0. The van der Waals surface area contributed by atoms with E-state index in [1.54, 1.807) is 23.4 Å². The van der Waals surface area contributed by atoms with Gasteiger partial charge in [-0.3, -0.25) is 9.80 Å². The van der Waals surface area contributed by atoms with E-state index in [-0.39, 0.29) is 17.9 Å². The molecule has 2 amide bonds. The van der Waals surface area contributed by atoms with Crippen LogP contribution in [0, 0.1) is 11.7 Å². The largest absolute Gasteiger partial charge is 0.362 e. The zero-order chi connectivity index (χ0) is 23.9. The van der Waals surface area contributed by atoms with Crippen molar-refractivity contribution < 1.29 is 9.18 Å². The number of likely N-dealkylation sites (tertiary alicyclic amines) is 2. The molecule has 6 heteroatoms. The lowest BCUT2D eigenvalue weighted by Crippen LogP contribution is -2.46. The molecule has 2 heterocycles. The normalized spacial score (nSPS) is 17.7. The van der Waals surface area contributed by atoms with Crippen LogP contribution in [0.1, 0.15) is 50.7 Å². The van der Waals surface area contributed by atoms with E-state index in [9.17, 15) is 9.18 Å². The van der Waals surface area contributed by atoms with Crippen molar-refractivity contribution >= 4 is 18.1 Å². The molecule has 0 unspecified atom stereocenters. The zero-order valence-electron chi connectivity index (χ0n) is 20.5. The number of benzene rings is 2. The Bertz CT molecular complexity index is 978. The van der Waals surface area contributed by atoms with Crippen LogP contribution in [-0.2, 0) is 13.0 Å². The lowest BCUT2D eigenvalue weighted by Gasteiger charge is -2.37. The molecular weight excluding hydrogens is 427 g/mol. The first-order chi connectivity index (χ1) is 16.5. The monoisotopic (exact) mass is 464 g/mol. The Labute approximate surface area is 203 Å². The Morgan fingerprint density at radius 2 is 1.76 bits per heavy atom. The number of aliphatic imine (C=N–C) groups is 1. The van der Waals surface area contributed by atoms with E-state index in [2.05, 4.69) is 52.9 Å². The van der Waals surface area contributed by atoms with Gasteiger partial charge in [0.2, 0.25) is 0 Å². The number of nitrogens with zero attached hydrogens (tertiary/aromatic N) is 4. The van der Waals surface area contributed by atoms with E-state index in [0.29, 0.717) is 11.6 Å². The standard InChI is InChI=1S/C28H37FN4O/c1-22(2)17-23-7-5-8-24(18-23)20-31-15-11-26(12-16-31)33(27-10-6-9-25(29)19-27)28(34)30-21-32-13-3-4-14-32/h5-10,18-19,21-22,26H,3-4,11-17,20H2,1-2H3/b30-21+. The van der Waals surface area contributed by atoms with Crippen molar-refractivity contribution in [2.24, 2.45) is 10.9 Å². The van der Waals surface area contributed by atoms with Crippen LogP contribution in [0.15, 0.2) is 53.5 Å². The van der Waals surface area contributed by atoms with Crippen LogP contribution in [0.3, 0.4) is 0 Å². The molecule has 0 aromatic heterocycles.